The van der Waals surface area contributed by atoms with Gasteiger partial charge in [-0.05, 0) is 49.9 Å². The Labute approximate surface area is 135 Å². The maximum Gasteiger partial charge on any atom is 0.225 e. The molecule has 2 nitrogen and oxygen atoms in total. The van der Waals surface area contributed by atoms with E-state index in [1.165, 1.54) is 25.7 Å². The Morgan fingerprint density at radius 2 is 1.57 bits per heavy atom. The van der Waals surface area contributed by atoms with Crippen molar-refractivity contribution in [2.75, 3.05) is 7.05 Å². The van der Waals surface area contributed by atoms with Crippen molar-refractivity contribution >= 4 is 17.5 Å². The molecule has 0 heterocycles. The number of amides is 1. The second-order valence-corrected chi connectivity index (χ2v) is 8.79. The van der Waals surface area contributed by atoms with Gasteiger partial charge in [0.05, 0.1) is 5.38 Å². The second-order valence-electron chi connectivity index (χ2n) is 8.23. The van der Waals surface area contributed by atoms with E-state index in [0.29, 0.717) is 11.3 Å². The van der Waals surface area contributed by atoms with E-state index in [0.717, 1.165) is 31.6 Å². The van der Waals surface area contributed by atoms with Crippen LogP contribution in [0.5, 0.6) is 0 Å². The highest BCUT2D eigenvalue weighted by atomic mass is 35.5. The van der Waals surface area contributed by atoms with Gasteiger partial charge in [-0.2, -0.15) is 0 Å². The summed E-state index contributed by atoms with van der Waals surface area (Å²) in [5.74, 6) is 1.35. The quantitative estimate of drug-likeness (QED) is 0.667. The molecule has 21 heavy (non-hydrogen) atoms. The largest absolute Gasteiger partial charge is 0.341 e. The highest BCUT2D eigenvalue weighted by molar-refractivity contribution is 6.21. The van der Waals surface area contributed by atoms with Crippen molar-refractivity contribution in [1.29, 1.82) is 0 Å². The number of halogens is 1. The summed E-state index contributed by atoms with van der Waals surface area (Å²) in [4.78, 5) is 14.8. The van der Waals surface area contributed by atoms with Gasteiger partial charge < -0.3 is 4.90 Å². The molecule has 0 N–H and O–H groups in total. The van der Waals surface area contributed by atoms with Crippen LogP contribution in [0.15, 0.2) is 0 Å². The maximum absolute atomic E-state index is 12.8. The highest BCUT2D eigenvalue weighted by Gasteiger charge is 2.36. The molecule has 0 aromatic rings. The van der Waals surface area contributed by atoms with E-state index < -0.39 is 0 Å². The Kier molecular flexibility index (Phi) is 5.62. The molecule has 0 aromatic carbocycles. The lowest BCUT2D eigenvalue weighted by Crippen LogP contribution is -2.47. The zero-order valence-electron chi connectivity index (χ0n) is 14.2. The summed E-state index contributed by atoms with van der Waals surface area (Å²) < 4.78 is 0. The molecule has 2 fully saturated rings. The van der Waals surface area contributed by atoms with Crippen LogP contribution in [0.1, 0.15) is 72.1 Å². The van der Waals surface area contributed by atoms with Gasteiger partial charge in [0.25, 0.3) is 0 Å². The van der Waals surface area contributed by atoms with E-state index in [2.05, 4.69) is 20.8 Å². The molecular weight excluding hydrogens is 282 g/mol. The van der Waals surface area contributed by atoms with Gasteiger partial charge in [-0.15, -0.1) is 11.6 Å². The Morgan fingerprint density at radius 1 is 1.00 bits per heavy atom. The second kappa shape index (κ2) is 6.89. The van der Waals surface area contributed by atoms with Crippen LogP contribution in [0, 0.1) is 17.3 Å². The van der Waals surface area contributed by atoms with Crippen molar-refractivity contribution in [2.45, 2.75) is 83.6 Å². The fourth-order valence-electron chi connectivity index (χ4n) is 4.16. The fourth-order valence-corrected chi connectivity index (χ4v) is 4.61. The van der Waals surface area contributed by atoms with Crippen molar-refractivity contribution in [3.05, 3.63) is 0 Å². The van der Waals surface area contributed by atoms with Crippen LogP contribution in [-0.2, 0) is 4.79 Å². The minimum Gasteiger partial charge on any atom is -0.341 e. The summed E-state index contributed by atoms with van der Waals surface area (Å²) in [6, 6.07) is 0.258. The van der Waals surface area contributed by atoms with E-state index >= 15 is 0 Å². The summed E-state index contributed by atoms with van der Waals surface area (Å²) in [6.07, 6.45) is 9.07. The number of nitrogens with zero attached hydrogens (tertiary/aromatic N) is 1. The lowest BCUT2D eigenvalue weighted by molar-refractivity contribution is -0.138. The molecule has 122 valence electrons. The summed E-state index contributed by atoms with van der Waals surface area (Å²) in [7, 11) is 1.98. The molecule has 0 aromatic heterocycles. The molecule has 3 heteroatoms. The molecule has 0 aliphatic heterocycles. The Hall–Kier alpha value is -0.240. The number of hydrogen-bond donors (Lipinski definition) is 0. The van der Waals surface area contributed by atoms with Crippen LogP contribution in [0.25, 0.3) is 0 Å². The van der Waals surface area contributed by atoms with Crippen molar-refractivity contribution in [2.24, 2.45) is 17.3 Å². The molecule has 2 aliphatic carbocycles. The van der Waals surface area contributed by atoms with Gasteiger partial charge in [0.1, 0.15) is 0 Å². The molecule has 2 atom stereocenters. The Bertz CT molecular complexity index is 355. The first kappa shape index (κ1) is 17.1. The molecule has 0 radical (unpaired) electrons. The van der Waals surface area contributed by atoms with Crippen LogP contribution in [-0.4, -0.2) is 29.3 Å². The van der Waals surface area contributed by atoms with Crippen LogP contribution in [0.4, 0.5) is 0 Å². The minimum absolute atomic E-state index is 0.151. The third-order valence-electron chi connectivity index (χ3n) is 5.79. The lowest BCUT2D eigenvalue weighted by atomic mass is 9.69. The third kappa shape index (κ3) is 4.15. The monoisotopic (exact) mass is 313 g/mol. The Morgan fingerprint density at radius 3 is 2.10 bits per heavy atom. The average molecular weight is 314 g/mol. The maximum atomic E-state index is 12.8. The van der Waals surface area contributed by atoms with Crippen molar-refractivity contribution < 1.29 is 4.79 Å². The van der Waals surface area contributed by atoms with E-state index in [1.807, 2.05) is 11.9 Å². The summed E-state index contributed by atoms with van der Waals surface area (Å²) in [5.41, 5.74) is 0.379. The Balaban J connectivity index is 1.89. The molecule has 2 aliphatic rings. The van der Waals surface area contributed by atoms with Crippen LogP contribution < -0.4 is 0 Å². The predicted molar refractivity (Wildman–Crippen MR) is 89.6 cm³/mol. The molecular formula is C18H32ClNO. The standard InChI is InChI=1S/C18H32ClNO/c1-18(2,3)14-11-9-13(10-12-14)17(21)20(4)16-8-6-5-7-15(16)19/h13-16H,5-12H2,1-4H3. The molecule has 1 amide bonds. The number of alkyl halides is 1. The van der Waals surface area contributed by atoms with E-state index in [4.69, 9.17) is 11.6 Å². The smallest absolute Gasteiger partial charge is 0.225 e. The predicted octanol–water partition coefficient (Wildman–Crippen LogP) is 4.85. The fraction of sp³-hybridized carbons (Fsp3) is 0.944. The number of carbonyl (C=O) groups is 1. The first-order valence-corrected chi connectivity index (χ1v) is 9.15. The van der Waals surface area contributed by atoms with Gasteiger partial charge in [0.2, 0.25) is 5.91 Å². The van der Waals surface area contributed by atoms with Gasteiger partial charge in [-0.1, -0.05) is 33.6 Å². The van der Waals surface area contributed by atoms with Crippen LogP contribution in [0.3, 0.4) is 0 Å². The summed E-state index contributed by atoms with van der Waals surface area (Å²) >= 11 is 6.45. The van der Waals surface area contributed by atoms with Crippen molar-refractivity contribution in [3.8, 4) is 0 Å². The molecule has 2 saturated carbocycles. The SMILES string of the molecule is CN(C(=O)C1CCC(C(C)(C)C)CC1)C1CCCCC1Cl. The van der Waals surface area contributed by atoms with E-state index in [-0.39, 0.29) is 17.3 Å². The number of hydrogen-bond acceptors (Lipinski definition) is 1. The molecule has 2 unspecified atom stereocenters. The zero-order chi connectivity index (χ0) is 15.6. The normalized spacial score (nSPS) is 34.5. The van der Waals surface area contributed by atoms with Gasteiger partial charge in [-0.3, -0.25) is 4.79 Å². The number of rotatable bonds is 2. The summed E-state index contributed by atoms with van der Waals surface area (Å²) in [6.45, 7) is 6.98. The molecule has 0 saturated heterocycles. The molecule has 2 rings (SSSR count). The van der Waals surface area contributed by atoms with Gasteiger partial charge in [0, 0.05) is 19.0 Å². The van der Waals surface area contributed by atoms with Crippen LogP contribution in [0.2, 0.25) is 0 Å². The zero-order valence-corrected chi connectivity index (χ0v) is 15.0. The van der Waals surface area contributed by atoms with Gasteiger partial charge in [-0.25, -0.2) is 0 Å². The summed E-state index contributed by atoms with van der Waals surface area (Å²) in [5, 5.41) is 0.151. The molecule has 0 bridgehead atoms. The average Bonchev–Trinajstić information content (AvgIpc) is 2.45. The number of carbonyl (C=O) groups excluding carboxylic acids is 1. The topological polar surface area (TPSA) is 20.3 Å². The first-order valence-electron chi connectivity index (χ1n) is 8.71. The van der Waals surface area contributed by atoms with Crippen molar-refractivity contribution in [1.82, 2.24) is 4.90 Å². The van der Waals surface area contributed by atoms with E-state index in [9.17, 15) is 4.79 Å². The van der Waals surface area contributed by atoms with Gasteiger partial charge >= 0.3 is 0 Å². The third-order valence-corrected chi connectivity index (χ3v) is 6.30. The van der Waals surface area contributed by atoms with Crippen molar-refractivity contribution in [3.63, 3.8) is 0 Å². The van der Waals surface area contributed by atoms with Gasteiger partial charge in [0.15, 0.2) is 0 Å². The first-order chi connectivity index (χ1) is 9.80. The lowest BCUT2D eigenvalue weighted by Gasteiger charge is -2.40. The van der Waals surface area contributed by atoms with E-state index in [1.54, 1.807) is 0 Å². The molecule has 0 spiro atoms. The minimum atomic E-state index is 0.151. The highest BCUT2D eigenvalue weighted by Crippen LogP contribution is 2.40. The van der Waals surface area contributed by atoms with Crippen LogP contribution >= 0.6 is 11.6 Å².